The summed E-state index contributed by atoms with van der Waals surface area (Å²) in [6.07, 6.45) is 3.27. The van der Waals surface area contributed by atoms with E-state index in [1.807, 2.05) is 17.5 Å². The molecule has 0 bridgehead atoms. The highest BCUT2D eigenvalue weighted by Gasteiger charge is 2.45. The fraction of sp³-hybridized carbons (Fsp3) is 0.167. The van der Waals surface area contributed by atoms with E-state index >= 15 is 0 Å². The molecule has 5 rings (SSSR count). The zero-order chi connectivity index (χ0) is 21.8. The van der Waals surface area contributed by atoms with Crippen LogP contribution in [0.3, 0.4) is 0 Å². The smallest absolute Gasteiger partial charge is 0.259 e. The van der Waals surface area contributed by atoms with Gasteiger partial charge in [-0.15, -0.1) is 11.3 Å². The van der Waals surface area contributed by atoms with Crippen LogP contribution in [0.15, 0.2) is 58.8 Å². The summed E-state index contributed by atoms with van der Waals surface area (Å²) in [4.78, 5) is 12.5. The van der Waals surface area contributed by atoms with Gasteiger partial charge in [0.1, 0.15) is 11.6 Å². The standard InChI is InChI=1S/C24H16F2N2O2S/c1-28-12-18(22-16(23(28)29)6-9-31-22)17-10-14(24(13-27)7-8-24)2-4-20(17)30-21-5-3-15(25)11-19(21)26/h2-6,9-12H,7-8H2,1H3. The molecule has 0 atom stereocenters. The number of fused-ring (bicyclic) bond motifs is 1. The zero-order valence-electron chi connectivity index (χ0n) is 16.5. The Morgan fingerprint density at radius 2 is 1.87 bits per heavy atom. The molecule has 1 saturated carbocycles. The van der Waals surface area contributed by atoms with Gasteiger partial charge in [0.25, 0.3) is 5.56 Å². The van der Waals surface area contributed by atoms with Crippen LogP contribution in [-0.2, 0) is 12.5 Å². The molecule has 1 aliphatic carbocycles. The van der Waals surface area contributed by atoms with E-state index in [1.165, 1.54) is 22.0 Å². The molecule has 2 aromatic heterocycles. The van der Waals surface area contributed by atoms with E-state index in [1.54, 1.807) is 25.4 Å². The van der Waals surface area contributed by atoms with Crippen LogP contribution < -0.4 is 10.3 Å². The lowest BCUT2D eigenvalue weighted by Crippen LogP contribution is -2.15. The Kier molecular flexibility index (Phi) is 4.42. The van der Waals surface area contributed by atoms with Gasteiger partial charge in [-0.05, 0) is 54.1 Å². The third kappa shape index (κ3) is 3.20. The minimum atomic E-state index is -0.813. The second-order valence-electron chi connectivity index (χ2n) is 7.70. The quantitative estimate of drug-likeness (QED) is 0.402. The third-order valence-corrected chi connectivity index (χ3v) is 6.63. The summed E-state index contributed by atoms with van der Waals surface area (Å²) in [6, 6.07) is 12.7. The minimum absolute atomic E-state index is 0.107. The lowest BCUT2D eigenvalue weighted by atomic mass is 9.93. The van der Waals surface area contributed by atoms with Crippen LogP contribution in [0.5, 0.6) is 11.5 Å². The van der Waals surface area contributed by atoms with E-state index in [9.17, 15) is 18.8 Å². The van der Waals surface area contributed by atoms with Crippen LogP contribution in [0, 0.1) is 23.0 Å². The molecule has 31 heavy (non-hydrogen) atoms. The first kappa shape index (κ1) is 19.5. The van der Waals surface area contributed by atoms with Crippen molar-refractivity contribution < 1.29 is 13.5 Å². The number of aryl methyl sites for hydroxylation is 1. The number of nitrogens with zero attached hydrogens (tertiary/aromatic N) is 2. The molecular weight excluding hydrogens is 418 g/mol. The summed E-state index contributed by atoms with van der Waals surface area (Å²) in [5, 5.41) is 12.1. The molecule has 2 heterocycles. The van der Waals surface area contributed by atoms with Crippen LogP contribution in [0.1, 0.15) is 18.4 Å². The first-order valence-electron chi connectivity index (χ1n) is 9.68. The molecule has 7 heteroatoms. The molecule has 0 aliphatic heterocycles. The number of rotatable bonds is 4. The lowest BCUT2D eigenvalue weighted by Gasteiger charge is -2.16. The summed E-state index contributed by atoms with van der Waals surface area (Å²) in [5.41, 5.74) is 1.62. The maximum absolute atomic E-state index is 14.3. The first-order valence-corrected chi connectivity index (χ1v) is 10.6. The number of hydrogen-bond donors (Lipinski definition) is 0. The summed E-state index contributed by atoms with van der Waals surface area (Å²) < 4.78 is 35.7. The van der Waals surface area contributed by atoms with E-state index < -0.39 is 17.0 Å². The summed E-state index contributed by atoms with van der Waals surface area (Å²) >= 11 is 1.43. The number of hydrogen-bond acceptors (Lipinski definition) is 4. The molecule has 154 valence electrons. The van der Waals surface area contributed by atoms with Crippen molar-refractivity contribution >= 4 is 21.4 Å². The molecule has 2 aromatic carbocycles. The van der Waals surface area contributed by atoms with Crippen molar-refractivity contribution in [3.63, 3.8) is 0 Å². The van der Waals surface area contributed by atoms with Gasteiger partial charge in [0, 0.05) is 35.1 Å². The Labute approximate surface area is 180 Å². The summed E-state index contributed by atoms with van der Waals surface area (Å²) in [7, 11) is 1.67. The molecule has 0 radical (unpaired) electrons. The van der Waals surface area contributed by atoms with Crippen molar-refractivity contribution in [1.29, 1.82) is 5.26 Å². The Morgan fingerprint density at radius 3 is 2.58 bits per heavy atom. The number of ether oxygens (including phenoxy) is 1. The Morgan fingerprint density at radius 1 is 1.10 bits per heavy atom. The average Bonchev–Trinajstić information content (AvgIpc) is 3.41. The van der Waals surface area contributed by atoms with E-state index in [2.05, 4.69) is 6.07 Å². The highest BCUT2D eigenvalue weighted by molar-refractivity contribution is 7.17. The second-order valence-corrected chi connectivity index (χ2v) is 8.62. The zero-order valence-corrected chi connectivity index (χ0v) is 17.3. The van der Waals surface area contributed by atoms with E-state index in [0.717, 1.165) is 40.8 Å². The van der Waals surface area contributed by atoms with Crippen LogP contribution in [0.2, 0.25) is 0 Å². The molecule has 0 unspecified atom stereocenters. The number of halogens is 2. The van der Waals surface area contributed by atoms with Crippen molar-refractivity contribution in [3.05, 3.63) is 81.6 Å². The van der Waals surface area contributed by atoms with Crippen LogP contribution in [0.4, 0.5) is 8.78 Å². The van der Waals surface area contributed by atoms with E-state index in [0.29, 0.717) is 16.7 Å². The largest absolute Gasteiger partial charge is 0.454 e. The maximum atomic E-state index is 14.3. The highest BCUT2D eigenvalue weighted by Crippen LogP contribution is 2.50. The first-order chi connectivity index (χ1) is 14.9. The van der Waals surface area contributed by atoms with Gasteiger partial charge in [0.15, 0.2) is 11.6 Å². The molecule has 1 aliphatic rings. The van der Waals surface area contributed by atoms with Crippen molar-refractivity contribution in [2.45, 2.75) is 18.3 Å². The molecule has 0 spiro atoms. The highest BCUT2D eigenvalue weighted by atomic mass is 32.1. The second kappa shape index (κ2) is 7.03. The van der Waals surface area contributed by atoms with E-state index in [4.69, 9.17) is 4.74 Å². The van der Waals surface area contributed by atoms with Gasteiger partial charge >= 0.3 is 0 Å². The van der Waals surface area contributed by atoms with Gasteiger partial charge in [0.05, 0.1) is 16.9 Å². The maximum Gasteiger partial charge on any atom is 0.259 e. The molecule has 0 amide bonds. The van der Waals surface area contributed by atoms with Gasteiger partial charge in [-0.2, -0.15) is 5.26 Å². The summed E-state index contributed by atoms with van der Waals surface area (Å²) in [5.74, 6) is -1.25. The monoisotopic (exact) mass is 434 g/mol. The van der Waals surface area contributed by atoms with Crippen molar-refractivity contribution in [3.8, 4) is 28.7 Å². The van der Waals surface area contributed by atoms with Gasteiger partial charge < -0.3 is 9.30 Å². The molecule has 4 nitrogen and oxygen atoms in total. The number of aromatic nitrogens is 1. The molecular formula is C24H16F2N2O2S. The number of nitriles is 1. The summed E-state index contributed by atoms with van der Waals surface area (Å²) in [6.45, 7) is 0. The van der Waals surface area contributed by atoms with Gasteiger partial charge in [-0.3, -0.25) is 4.79 Å². The molecule has 4 aromatic rings. The van der Waals surface area contributed by atoms with E-state index in [-0.39, 0.29) is 11.3 Å². The molecule has 0 saturated heterocycles. The topological polar surface area (TPSA) is 55.0 Å². The number of pyridine rings is 1. The third-order valence-electron chi connectivity index (χ3n) is 5.68. The minimum Gasteiger partial charge on any atom is -0.454 e. The van der Waals surface area contributed by atoms with Crippen LogP contribution in [-0.4, -0.2) is 4.57 Å². The average molecular weight is 434 g/mol. The lowest BCUT2D eigenvalue weighted by molar-refractivity contribution is 0.439. The Bertz CT molecular complexity index is 1440. The van der Waals surface area contributed by atoms with Gasteiger partial charge in [-0.1, -0.05) is 6.07 Å². The number of benzene rings is 2. The molecule has 0 N–H and O–H groups in total. The fourth-order valence-electron chi connectivity index (χ4n) is 3.77. The molecule has 1 fully saturated rings. The fourth-order valence-corrected chi connectivity index (χ4v) is 4.68. The predicted molar refractivity (Wildman–Crippen MR) is 115 cm³/mol. The van der Waals surface area contributed by atoms with Gasteiger partial charge in [0.2, 0.25) is 0 Å². The van der Waals surface area contributed by atoms with Crippen LogP contribution in [0.25, 0.3) is 21.2 Å². The normalized spacial score (nSPS) is 14.4. The number of thiophene rings is 1. The SMILES string of the molecule is Cn1cc(-c2cc(C3(C#N)CC3)ccc2Oc2ccc(F)cc2F)c2sccc2c1=O. The van der Waals surface area contributed by atoms with Crippen molar-refractivity contribution in [2.24, 2.45) is 7.05 Å². The van der Waals surface area contributed by atoms with Crippen molar-refractivity contribution in [1.82, 2.24) is 4.57 Å². The Hall–Kier alpha value is -3.50. The van der Waals surface area contributed by atoms with Gasteiger partial charge in [-0.25, -0.2) is 8.78 Å². The van der Waals surface area contributed by atoms with Crippen LogP contribution >= 0.6 is 11.3 Å². The Balaban J connectivity index is 1.74. The van der Waals surface area contributed by atoms with Crippen molar-refractivity contribution in [2.75, 3.05) is 0 Å². The predicted octanol–water partition coefficient (Wildman–Crippen LogP) is 5.89.